The Labute approximate surface area is 99.4 Å². The van der Waals surface area contributed by atoms with E-state index in [0.717, 1.165) is 43.7 Å². The first-order valence-corrected chi connectivity index (χ1v) is 6.53. The molecule has 0 unspecified atom stereocenters. The quantitative estimate of drug-likeness (QED) is 0.615. The molecule has 1 saturated heterocycles. The summed E-state index contributed by atoms with van der Waals surface area (Å²) in [6, 6.07) is 1.82. The number of hydrogen-bond acceptors (Lipinski definition) is 6. The summed E-state index contributed by atoms with van der Waals surface area (Å²) in [6.07, 6.45) is 2.97. The Kier molecular flexibility index (Phi) is 3.84. The van der Waals surface area contributed by atoms with E-state index >= 15 is 0 Å². The lowest BCUT2D eigenvalue weighted by molar-refractivity contribution is 0.152. The van der Waals surface area contributed by atoms with Gasteiger partial charge in [-0.3, -0.25) is 0 Å². The lowest BCUT2D eigenvalue weighted by Gasteiger charge is -2.21. The van der Waals surface area contributed by atoms with Crippen LogP contribution in [0.2, 0.25) is 0 Å². The fourth-order valence-electron chi connectivity index (χ4n) is 1.66. The van der Waals surface area contributed by atoms with Crippen LogP contribution in [0.3, 0.4) is 0 Å². The highest BCUT2D eigenvalue weighted by Crippen LogP contribution is 2.19. The van der Waals surface area contributed by atoms with E-state index in [1.165, 1.54) is 11.8 Å². The Hall–Kier alpha value is -1.01. The second kappa shape index (κ2) is 5.36. The third kappa shape index (κ3) is 2.76. The van der Waals surface area contributed by atoms with Crippen molar-refractivity contribution in [2.45, 2.75) is 11.6 Å². The van der Waals surface area contributed by atoms with Crippen LogP contribution in [0.1, 0.15) is 6.42 Å². The molecule has 0 radical (unpaired) electrons. The largest absolute Gasteiger partial charge is 0.383 e. The van der Waals surface area contributed by atoms with Gasteiger partial charge in [-0.05, 0) is 12.7 Å². The smallest absolute Gasteiger partial charge is 0.191 e. The van der Waals surface area contributed by atoms with Gasteiger partial charge < -0.3 is 15.4 Å². The molecule has 0 saturated carbocycles. The van der Waals surface area contributed by atoms with Crippen molar-refractivity contribution in [3.8, 4) is 0 Å². The summed E-state index contributed by atoms with van der Waals surface area (Å²) < 4.78 is 5.41. The first kappa shape index (κ1) is 11.5. The van der Waals surface area contributed by atoms with Gasteiger partial charge in [0.05, 0.1) is 6.61 Å². The average molecular weight is 240 g/mol. The van der Waals surface area contributed by atoms with Gasteiger partial charge in [0.2, 0.25) is 0 Å². The first-order valence-electron chi connectivity index (χ1n) is 5.31. The van der Waals surface area contributed by atoms with Gasteiger partial charge in [-0.1, -0.05) is 11.8 Å². The highest BCUT2D eigenvalue weighted by atomic mass is 32.2. The summed E-state index contributed by atoms with van der Waals surface area (Å²) >= 11 is 1.51. The maximum Gasteiger partial charge on any atom is 0.191 e. The molecule has 0 aromatic carbocycles. The molecule has 1 aromatic heterocycles. The number of thioether (sulfide) groups is 1. The van der Waals surface area contributed by atoms with Crippen LogP contribution >= 0.6 is 11.8 Å². The molecule has 6 heteroatoms. The summed E-state index contributed by atoms with van der Waals surface area (Å²) in [5.74, 6) is 1.43. The van der Waals surface area contributed by atoms with Crippen molar-refractivity contribution < 1.29 is 4.74 Å². The zero-order valence-corrected chi connectivity index (χ0v) is 10.2. The Morgan fingerprint density at radius 1 is 1.38 bits per heavy atom. The highest BCUT2D eigenvalue weighted by molar-refractivity contribution is 7.98. The van der Waals surface area contributed by atoms with E-state index in [9.17, 15) is 0 Å². The molecule has 2 rings (SSSR count). The fourth-order valence-corrected chi connectivity index (χ4v) is 2.04. The Balaban J connectivity index is 2.20. The number of anilines is 2. The molecule has 2 N–H and O–H groups in total. The zero-order chi connectivity index (χ0) is 11.4. The lowest BCUT2D eigenvalue weighted by Crippen LogP contribution is -2.27. The molecule has 0 bridgehead atoms. The van der Waals surface area contributed by atoms with Crippen LogP contribution in [0, 0.1) is 0 Å². The van der Waals surface area contributed by atoms with Gasteiger partial charge in [-0.15, -0.1) is 0 Å². The van der Waals surface area contributed by atoms with E-state index in [0.29, 0.717) is 5.82 Å². The monoisotopic (exact) mass is 240 g/mol. The molecule has 0 atom stereocenters. The van der Waals surface area contributed by atoms with Crippen molar-refractivity contribution in [2.24, 2.45) is 0 Å². The summed E-state index contributed by atoms with van der Waals surface area (Å²) in [5.41, 5.74) is 5.76. The molecule has 1 aromatic rings. The maximum absolute atomic E-state index is 5.76. The number of nitrogens with zero attached hydrogens (tertiary/aromatic N) is 3. The molecular formula is C10H16N4OS. The molecule has 0 amide bonds. The number of nitrogens with two attached hydrogens (primary N) is 1. The molecule has 0 spiro atoms. The predicted molar refractivity (Wildman–Crippen MR) is 65.9 cm³/mol. The summed E-state index contributed by atoms with van der Waals surface area (Å²) in [6.45, 7) is 3.40. The average Bonchev–Trinajstić information content (AvgIpc) is 2.56. The zero-order valence-electron chi connectivity index (χ0n) is 9.35. The minimum atomic E-state index is 0.527. The van der Waals surface area contributed by atoms with Gasteiger partial charge >= 0.3 is 0 Å². The van der Waals surface area contributed by atoms with Gasteiger partial charge in [-0.2, -0.15) is 0 Å². The third-order valence-corrected chi connectivity index (χ3v) is 2.99. The van der Waals surface area contributed by atoms with Gasteiger partial charge in [0.1, 0.15) is 11.6 Å². The number of ether oxygens (including phenoxy) is 1. The van der Waals surface area contributed by atoms with E-state index in [4.69, 9.17) is 10.5 Å². The van der Waals surface area contributed by atoms with Crippen molar-refractivity contribution in [3.05, 3.63) is 6.07 Å². The summed E-state index contributed by atoms with van der Waals surface area (Å²) in [4.78, 5) is 10.8. The Morgan fingerprint density at radius 3 is 3.06 bits per heavy atom. The van der Waals surface area contributed by atoms with Crippen molar-refractivity contribution >= 4 is 23.4 Å². The van der Waals surface area contributed by atoms with E-state index in [1.54, 1.807) is 0 Å². The molecular weight excluding hydrogens is 224 g/mol. The predicted octanol–water partition coefficient (Wildman–Crippen LogP) is 1.01. The van der Waals surface area contributed by atoms with Crippen LogP contribution in [-0.4, -0.2) is 42.5 Å². The van der Waals surface area contributed by atoms with Gasteiger partial charge in [-0.25, -0.2) is 9.97 Å². The molecule has 1 fully saturated rings. The van der Waals surface area contributed by atoms with Crippen molar-refractivity contribution in [1.29, 1.82) is 0 Å². The lowest BCUT2D eigenvalue weighted by atomic mass is 10.4. The standard InChI is InChI=1S/C10H16N4OS/c1-16-10-12-8(11)7-9(13-10)14-3-2-5-15-6-4-14/h7H,2-6H2,1H3,(H2,11,12,13). The van der Waals surface area contributed by atoms with Crippen molar-refractivity contribution in [3.63, 3.8) is 0 Å². The van der Waals surface area contributed by atoms with Crippen LogP contribution in [0.25, 0.3) is 0 Å². The Morgan fingerprint density at radius 2 is 2.25 bits per heavy atom. The van der Waals surface area contributed by atoms with Gasteiger partial charge in [0.25, 0.3) is 0 Å². The molecule has 5 nitrogen and oxygen atoms in total. The third-order valence-electron chi connectivity index (χ3n) is 2.44. The van der Waals surface area contributed by atoms with E-state index < -0.39 is 0 Å². The molecule has 0 aliphatic carbocycles. The normalized spacial score (nSPS) is 17.2. The summed E-state index contributed by atoms with van der Waals surface area (Å²) in [5, 5.41) is 0.722. The van der Waals surface area contributed by atoms with Crippen molar-refractivity contribution in [1.82, 2.24) is 9.97 Å². The molecule has 1 aliphatic rings. The van der Waals surface area contributed by atoms with Crippen LogP contribution in [0.4, 0.5) is 11.6 Å². The van der Waals surface area contributed by atoms with Gasteiger partial charge in [0.15, 0.2) is 5.16 Å². The van der Waals surface area contributed by atoms with Crippen LogP contribution < -0.4 is 10.6 Å². The van der Waals surface area contributed by atoms with E-state index in [-0.39, 0.29) is 0 Å². The van der Waals surface area contributed by atoms with Gasteiger partial charge in [0, 0.05) is 25.8 Å². The topological polar surface area (TPSA) is 64.3 Å². The molecule has 88 valence electrons. The molecule has 2 heterocycles. The molecule has 16 heavy (non-hydrogen) atoms. The fraction of sp³-hybridized carbons (Fsp3) is 0.600. The minimum Gasteiger partial charge on any atom is -0.383 e. The second-order valence-electron chi connectivity index (χ2n) is 3.59. The van der Waals surface area contributed by atoms with E-state index in [1.807, 2.05) is 12.3 Å². The van der Waals surface area contributed by atoms with Crippen LogP contribution in [0.15, 0.2) is 11.2 Å². The van der Waals surface area contributed by atoms with E-state index in [2.05, 4.69) is 14.9 Å². The number of rotatable bonds is 2. The maximum atomic E-state index is 5.76. The summed E-state index contributed by atoms with van der Waals surface area (Å²) in [7, 11) is 0. The van der Waals surface area contributed by atoms with Crippen LogP contribution in [-0.2, 0) is 4.74 Å². The first-order chi connectivity index (χ1) is 7.79. The molecule has 1 aliphatic heterocycles. The number of hydrogen-bond donors (Lipinski definition) is 1. The number of nitrogen functional groups attached to an aromatic ring is 1. The minimum absolute atomic E-state index is 0.527. The Bertz CT molecular complexity index is 353. The second-order valence-corrected chi connectivity index (χ2v) is 4.36. The van der Waals surface area contributed by atoms with Crippen LogP contribution in [0.5, 0.6) is 0 Å². The number of aromatic nitrogens is 2. The SMILES string of the molecule is CSc1nc(N)cc(N2CCCOCC2)n1. The van der Waals surface area contributed by atoms with Crippen molar-refractivity contribution in [2.75, 3.05) is 43.2 Å². The highest BCUT2D eigenvalue weighted by Gasteiger charge is 2.12.